The number of hydrogen-bond donors (Lipinski definition) is 3. The highest BCUT2D eigenvalue weighted by molar-refractivity contribution is 5.10. The van der Waals surface area contributed by atoms with E-state index in [4.69, 9.17) is 14.7 Å². The minimum Gasteiger partial charge on any atom is -0.251 e. The van der Waals surface area contributed by atoms with Gasteiger partial charge in [-0.25, -0.2) is 14.7 Å². The Bertz CT molecular complexity index is 1650. The van der Waals surface area contributed by atoms with Crippen LogP contribution in [0.3, 0.4) is 0 Å². The molecule has 0 radical (unpaired) electrons. The molecule has 0 spiro atoms. The molecule has 0 aromatic heterocycles. The van der Waals surface area contributed by atoms with E-state index in [1.54, 1.807) is 6.92 Å². The van der Waals surface area contributed by atoms with E-state index in [1.807, 2.05) is 13.8 Å². The zero-order valence-electron chi connectivity index (χ0n) is 45.3. The molecule has 0 aliphatic rings. The maximum atomic E-state index is 10.3. The normalized spacial score (nSPS) is 16.1. The monoisotopic (exact) mass is 919 g/mol. The topological polar surface area (TPSA) is 88.4 Å². The van der Waals surface area contributed by atoms with E-state index < -0.39 is 17.3 Å². The molecule has 0 aliphatic carbocycles. The number of rotatable bonds is 37. The van der Waals surface area contributed by atoms with Crippen LogP contribution in [0.25, 0.3) is 0 Å². The summed E-state index contributed by atoms with van der Waals surface area (Å²) in [6.45, 7) is 31.8. The minimum atomic E-state index is -1.23. The van der Waals surface area contributed by atoms with E-state index in [1.165, 1.54) is 55.7 Å². The van der Waals surface area contributed by atoms with E-state index in [9.17, 15) is 15.8 Å². The van der Waals surface area contributed by atoms with Crippen LogP contribution in [-0.4, -0.2) is 33.1 Å². The van der Waals surface area contributed by atoms with Crippen LogP contribution in [0.2, 0.25) is 0 Å². The van der Waals surface area contributed by atoms with Gasteiger partial charge in [-0.1, -0.05) is 116 Å². The molecular weight excluding hydrogens is 817 g/mol. The molecule has 0 saturated carbocycles. The quantitative estimate of drug-likeness (QED) is 0.0249. The first-order chi connectivity index (χ1) is 31.2. The van der Waals surface area contributed by atoms with Gasteiger partial charge in [-0.05, 0) is 245 Å². The van der Waals surface area contributed by atoms with Crippen molar-refractivity contribution in [1.29, 1.82) is 0 Å². The Morgan fingerprint density at radius 1 is 0.364 bits per heavy atom. The molecule has 3 unspecified atom stereocenters. The van der Waals surface area contributed by atoms with Crippen molar-refractivity contribution in [2.24, 2.45) is 5.92 Å². The molecule has 378 valence electrons. The molecule has 0 aromatic carbocycles. The van der Waals surface area contributed by atoms with Crippen LogP contribution in [0.15, 0.2) is 116 Å². The van der Waals surface area contributed by atoms with Crippen LogP contribution in [0.5, 0.6) is 0 Å². The second-order valence-corrected chi connectivity index (χ2v) is 21.0. The molecule has 0 fully saturated rings. The summed E-state index contributed by atoms with van der Waals surface area (Å²) in [4.78, 5) is 15.1. The molecule has 3 N–H and O–H groups in total. The van der Waals surface area contributed by atoms with E-state index in [2.05, 4.69) is 144 Å². The van der Waals surface area contributed by atoms with Crippen LogP contribution in [-0.2, 0) is 14.7 Å². The van der Waals surface area contributed by atoms with E-state index in [0.29, 0.717) is 25.7 Å². The highest BCUT2D eigenvalue weighted by atomic mass is 17.1. The van der Waals surface area contributed by atoms with Crippen molar-refractivity contribution in [2.45, 2.75) is 256 Å². The molecule has 6 nitrogen and oxygen atoms in total. The lowest BCUT2D eigenvalue weighted by molar-refractivity contribution is -0.397. The first-order valence-electron chi connectivity index (χ1n) is 25.6. The van der Waals surface area contributed by atoms with Crippen LogP contribution in [0, 0.1) is 5.92 Å². The zero-order valence-corrected chi connectivity index (χ0v) is 45.3. The summed E-state index contributed by atoms with van der Waals surface area (Å²) >= 11 is 0. The second-order valence-electron chi connectivity index (χ2n) is 21.0. The summed E-state index contributed by atoms with van der Waals surface area (Å²) in [5.41, 5.74) is 11.9. The number of allylic oxidation sites excluding steroid dienone is 20. The summed E-state index contributed by atoms with van der Waals surface area (Å²) in [5.74, 6) is -0.203. The van der Waals surface area contributed by atoms with Crippen molar-refractivity contribution in [3.63, 3.8) is 0 Å². The van der Waals surface area contributed by atoms with Crippen molar-refractivity contribution in [3.8, 4) is 0 Å². The van der Waals surface area contributed by atoms with Crippen molar-refractivity contribution in [2.75, 3.05) is 0 Å². The third-order valence-corrected chi connectivity index (χ3v) is 13.2. The van der Waals surface area contributed by atoms with Crippen LogP contribution in [0.1, 0.15) is 239 Å². The maximum absolute atomic E-state index is 10.3. The minimum absolute atomic E-state index is 0.203. The summed E-state index contributed by atoms with van der Waals surface area (Å²) in [6, 6.07) is 0. The molecule has 0 aliphatic heterocycles. The fourth-order valence-corrected chi connectivity index (χ4v) is 8.21. The lowest BCUT2D eigenvalue weighted by Gasteiger charge is -2.40. The average Bonchev–Trinajstić information content (AvgIpc) is 3.25. The summed E-state index contributed by atoms with van der Waals surface area (Å²) in [5, 5.41) is 30.3. The lowest BCUT2D eigenvalue weighted by Crippen LogP contribution is -2.48. The number of unbranched alkanes of at least 4 members (excludes halogenated alkanes) is 2. The molecule has 0 amide bonds. The fraction of sp³-hybridized carbons (Fsp3) is 0.667. The molecule has 0 heterocycles. The zero-order chi connectivity index (χ0) is 50.0. The fourth-order valence-electron chi connectivity index (χ4n) is 8.21. The Kier molecular flexibility index (Phi) is 35.5. The highest BCUT2D eigenvalue weighted by Crippen LogP contribution is 2.38. The summed E-state index contributed by atoms with van der Waals surface area (Å²) in [6.07, 6.45) is 43.0. The number of hydrogen-bond acceptors (Lipinski definition) is 6. The molecule has 0 rings (SSSR count). The van der Waals surface area contributed by atoms with Gasteiger partial charge >= 0.3 is 0 Å². The van der Waals surface area contributed by atoms with Gasteiger partial charge < -0.3 is 0 Å². The molecule has 0 bridgehead atoms. The van der Waals surface area contributed by atoms with E-state index >= 15 is 0 Å². The Morgan fingerprint density at radius 2 is 0.636 bits per heavy atom. The summed E-state index contributed by atoms with van der Waals surface area (Å²) < 4.78 is 0. The third-order valence-electron chi connectivity index (χ3n) is 13.2. The average molecular weight is 919 g/mol. The molecular formula is C60H102O6. The van der Waals surface area contributed by atoms with Gasteiger partial charge in [0, 0.05) is 0 Å². The van der Waals surface area contributed by atoms with Crippen LogP contribution < -0.4 is 0 Å². The smallest absolute Gasteiger partial charge is 0.130 e. The van der Waals surface area contributed by atoms with Gasteiger partial charge in [0.25, 0.3) is 0 Å². The molecule has 0 aromatic rings. The van der Waals surface area contributed by atoms with Crippen LogP contribution >= 0.6 is 0 Å². The standard InChI is InChI=1S/C60H102O6/c1-47(2)26-20-32-53(9)38-22-34-49(5)28-16-18-30-51(7)36-24-40-55(11)42-44-57(59(13,14)65-62)46-60(15,66-63)58(64-61)45-43-56(12)41-25-37-52(8)31-19-17-29-50(6)35-23-39-54(10)33-21-27-48(3)4/h26-31,38-41,57-58,61-63H,16-25,32-37,42-46H2,1-15H3/b49-28+,50-29+,51-30+,52-31+,53-38+,54-39+,55-40+,56-41+. The predicted molar refractivity (Wildman–Crippen MR) is 287 cm³/mol. The van der Waals surface area contributed by atoms with Crippen LogP contribution in [0.4, 0.5) is 0 Å². The van der Waals surface area contributed by atoms with E-state index in [-0.39, 0.29) is 5.92 Å². The van der Waals surface area contributed by atoms with Crippen molar-refractivity contribution in [1.82, 2.24) is 0 Å². The van der Waals surface area contributed by atoms with Gasteiger partial charge in [0.1, 0.15) is 17.3 Å². The predicted octanol–water partition coefficient (Wildman–Crippen LogP) is 19.7. The molecule has 6 heteroatoms. The Labute approximate surface area is 407 Å². The maximum Gasteiger partial charge on any atom is 0.130 e. The molecule has 0 saturated heterocycles. The second kappa shape index (κ2) is 37.1. The van der Waals surface area contributed by atoms with Crippen molar-refractivity contribution in [3.05, 3.63) is 116 Å². The summed E-state index contributed by atoms with van der Waals surface area (Å²) in [7, 11) is 0. The van der Waals surface area contributed by atoms with Gasteiger partial charge in [0.2, 0.25) is 0 Å². The molecule has 66 heavy (non-hydrogen) atoms. The largest absolute Gasteiger partial charge is 0.251 e. The Morgan fingerprint density at radius 3 is 0.909 bits per heavy atom. The van der Waals surface area contributed by atoms with Gasteiger partial charge in [0.05, 0.1) is 0 Å². The Hall–Kier alpha value is -2.84. The third kappa shape index (κ3) is 32.8. The highest BCUT2D eigenvalue weighted by Gasteiger charge is 2.44. The van der Waals surface area contributed by atoms with Gasteiger partial charge in [0.15, 0.2) is 0 Å². The SMILES string of the molecule is CC(C)=CCC/C(C)=C/CC/C(C)=C/CC/C=C(\C)CC/C=C(\C)CCC(CC(C)(OO)C(CC/C(C)=C/CC/C(C)=C/CC/C=C(\C)CC/C=C(\C)CCC=C(C)C)OO)C(C)(C)OO. The first-order valence-corrected chi connectivity index (χ1v) is 25.6. The lowest BCUT2D eigenvalue weighted by atomic mass is 9.76. The Balaban J connectivity index is 5.04. The van der Waals surface area contributed by atoms with E-state index in [0.717, 1.165) is 109 Å². The van der Waals surface area contributed by atoms with Gasteiger partial charge in [-0.2, -0.15) is 0 Å². The van der Waals surface area contributed by atoms with Crippen molar-refractivity contribution >= 4 is 0 Å². The van der Waals surface area contributed by atoms with Crippen molar-refractivity contribution < 1.29 is 30.4 Å². The van der Waals surface area contributed by atoms with Gasteiger partial charge in [-0.15, -0.1) is 0 Å². The first kappa shape index (κ1) is 63.2. The van der Waals surface area contributed by atoms with Gasteiger partial charge in [-0.3, -0.25) is 15.8 Å². The molecule has 3 atom stereocenters.